The van der Waals surface area contributed by atoms with Gasteiger partial charge in [-0.2, -0.15) is 0 Å². The minimum absolute atomic E-state index is 0.0788. The molecular weight excluding hydrogens is 434 g/mol. The molecule has 4 rings (SSSR count). The number of hydrogen-bond acceptors (Lipinski definition) is 6. The van der Waals surface area contributed by atoms with Crippen LogP contribution in [-0.4, -0.2) is 38.6 Å². The number of carbonyl (C=O) groups is 1. The first kappa shape index (κ1) is 21.6. The number of nitrogens with one attached hydrogen (secondary N) is 2. The third-order valence-electron chi connectivity index (χ3n) is 4.95. The highest BCUT2D eigenvalue weighted by atomic mass is 32.2. The molecule has 0 bridgehead atoms. The number of hydrogen-bond donors (Lipinski definition) is 2. The van der Waals surface area contributed by atoms with Crippen LogP contribution in [0.5, 0.6) is 0 Å². The third-order valence-corrected chi connectivity index (χ3v) is 7.30. The number of sulfonamides is 1. The lowest BCUT2D eigenvalue weighted by Gasteiger charge is -2.11. The van der Waals surface area contributed by atoms with Gasteiger partial charge in [0.1, 0.15) is 0 Å². The molecule has 0 aliphatic carbocycles. The van der Waals surface area contributed by atoms with Gasteiger partial charge in [0.2, 0.25) is 10.0 Å². The first-order valence-electron chi connectivity index (χ1n) is 10.0. The summed E-state index contributed by atoms with van der Waals surface area (Å²) in [5, 5.41) is 3.28. The van der Waals surface area contributed by atoms with Gasteiger partial charge in [-0.1, -0.05) is 30.3 Å². The van der Waals surface area contributed by atoms with E-state index in [0.717, 1.165) is 24.1 Å². The molecule has 0 radical (unpaired) electrons. The molecule has 1 aromatic heterocycles. The molecular formula is C22H23N3O4S2. The van der Waals surface area contributed by atoms with E-state index in [-0.39, 0.29) is 23.5 Å². The van der Waals surface area contributed by atoms with E-state index in [1.54, 1.807) is 6.20 Å². The van der Waals surface area contributed by atoms with Crippen molar-refractivity contribution in [1.82, 2.24) is 9.71 Å². The zero-order valence-electron chi connectivity index (χ0n) is 16.8. The number of anilines is 1. The van der Waals surface area contributed by atoms with E-state index >= 15 is 0 Å². The average Bonchev–Trinajstić information content (AvgIpc) is 3.45. The molecule has 0 saturated carbocycles. The van der Waals surface area contributed by atoms with Crippen LogP contribution in [-0.2, 0) is 21.2 Å². The van der Waals surface area contributed by atoms with E-state index in [2.05, 4.69) is 15.0 Å². The van der Waals surface area contributed by atoms with E-state index in [1.807, 2.05) is 30.3 Å². The second kappa shape index (κ2) is 9.69. The third kappa shape index (κ3) is 5.76. The van der Waals surface area contributed by atoms with Crippen LogP contribution in [0.4, 0.5) is 5.13 Å². The lowest BCUT2D eigenvalue weighted by Crippen LogP contribution is -2.31. The predicted octanol–water partition coefficient (Wildman–Crippen LogP) is 3.44. The second-order valence-corrected chi connectivity index (χ2v) is 10.1. The molecule has 1 aliphatic rings. The van der Waals surface area contributed by atoms with Crippen molar-refractivity contribution in [2.75, 3.05) is 18.5 Å². The number of rotatable bonds is 8. The maximum Gasteiger partial charge on any atom is 0.257 e. The Balaban J connectivity index is 1.35. The molecule has 2 heterocycles. The minimum atomic E-state index is -3.65. The SMILES string of the molecule is O=C(Nc1ncc(Cc2ccccc2)s1)c1ccc(S(=O)(=O)NC[C@H]2CCCO2)cc1. The zero-order chi connectivity index (χ0) is 21.7. The Morgan fingerprint density at radius 2 is 1.90 bits per heavy atom. The van der Waals surface area contributed by atoms with E-state index < -0.39 is 10.0 Å². The standard InChI is InChI=1S/C22H23N3O4S2/c26-21(25-22-23-15-19(30-22)13-16-5-2-1-3-6-16)17-8-10-20(11-9-17)31(27,28)24-14-18-7-4-12-29-18/h1-3,5-6,8-11,15,18,24H,4,7,12-14H2,(H,23,25,26)/t18-/m1/s1. The van der Waals surface area contributed by atoms with Gasteiger partial charge in [0.15, 0.2) is 5.13 Å². The van der Waals surface area contributed by atoms with Gasteiger partial charge >= 0.3 is 0 Å². The lowest BCUT2D eigenvalue weighted by atomic mass is 10.1. The lowest BCUT2D eigenvalue weighted by molar-refractivity contribution is 0.102. The molecule has 1 fully saturated rings. The molecule has 2 N–H and O–H groups in total. The predicted molar refractivity (Wildman–Crippen MR) is 120 cm³/mol. The highest BCUT2D eigenvalue weighted by molar-refractivity contribution is 7.89. The topological polar surface area (TPSA) is 97.4 Å². The van der Waals surface area contributed by atoms with Crippen molar-refractivity contribution in [1.29, 1.82) is 0 Å². The van der Waals surface area contributed by atoms with Crippen molar-refractivity contribution >= 4 is 32.4 Å². The van der Waals surface area contributed by atoms with Gasteiger partial charge in [0, 0.05) is 36.2 Å². The maximum absolute atomic E-state index is 12.5. The first-order valence-corrected chi connectivity index (χ1v) is 12.3. The van der Waals surface area contributed by atoms with Crippen molar-refractivity contribution in [3.8, 4) is 0 Å². The Kier molecular flexibility index (Phi) is 6.77. The smallest absolute Gasteiger partial charge is 0.257 e. The highest BCUT2D eigenvalue weighted by Crippen LogP contribution is 2.22. The molecule has 1 atom stereocenters. The van der Waals surface area contributed by atoms with Crippen molar-refractivity contribution < 1.29 is 17.9 Å². The number of ether oxygens (including phenoxy) is 1. The van der Waals surface area contributed by atoms with Crippen LogP contribution >= 0.6 is 11.3 Å². The Labute approximate surface area is 185 Å². The average molecular weight is 458 g/mol. The highest BCUT2D eigenvalue weighted by Gasteiger charge is 2.20. The van der Waals surface area contributed by atoms with Crippen LogP contribution in [0.25, 0.3) is 0 Å². The van der Waals surface area contributed by atoms with Gasteiger partial charge in [-0.05, 0) is 42.7 Å². The Hall–Kier alpha value is -2.59. The van der Waals surface area contributed by atoms with Crippen molar-refractivity contribution in [3.63, 3.8) is 0 Å². The first-order chi connectivity index (χ1) is 15.0. The fourth-order valence-corrected chi connectivity index (χ4v) is 5.20. The monoisotopic (exact) mass is 457 g/mol. The number of carbonyl (C=O) groups excluding carboxylic acids is 1. The molecule has 3 aromatic rings. The zero-order valence-corrected chi connectivity index (χ0v) is 18.4. The molecule has 7 nitrogen and oxygen atoms in total. The number of aromatic nitrogens is 1. The normalized spacial score (nSPS) is 16.3. The number of thiazole rings is 1. The fourth-order valence-electron chi connectivity index (χ4n) is 3.29. The summed E-state index contributed by atoms with van der Waals surface area (Å²) in [4.78, 5) is 17.9. The van der Waals surface area contributed by atoms with Gasteiger partial charge < -0.3 is 4.74 Å². The molecule has 31 heavy (non-hydrogen) atoms. The van der Waals surface area contributed by atoms with Crippen LogP contribution in [0.1, 0.15) is 33.6 Å². The van der Waals surface area contributed by atoms with E-state index in [4.69, 9.17) is 4.74 Å². The molecule has 1 saturated heterocycles. The number of benzene rings is 2. The van der Waals surface area contributed by atoms with E-state index in [9.17, 15) is 13.2 Å². The Bertz CT molecular complexity index is 1120. The maximum atomic E-state index is 12.5. The summed E-state index contributed by atoms with van der Waals surface area (Å²) in [6, 6.07) is 15.9. The molecule has 0 unspecified atom stereocenters. The number of nitrogens with zero attached hydrogens (tertiary/aromatic N) is 1. The van der Waals surface area contributed by atoms with Crippen molar-refractivity contribution in [2.45, 2.75) is 30.3 Å². The van der Waals surface area contributed by atoms with E-state index in [0.29, 0.717) is 17.3 Å². The Morgan fingerprint density at radius 1 is 1.13 bits per heavy atom. The van der Waals surface area contributed by atoms with Gasteiger partial charge in [0.25, 0.3) is 5.91 Å². The largest absolute Gasteiger partial charge is 0.377 e. The van der Waals surface area contributed by atoms with Gasteiger partial charge in [0.05, 0.1) is 11.0 Å². The molecule has 0 spiro atoms. The summed E-state index contributed by atoms with van der Waals surface area (Å²) >= 11 is 1.42. The molecule has 9 heteroatoms. The van der Waals surface area contributed by atoms with Gasteiger partial charge in [-0.3, -0.25) is 10.1 Å². The fraction of sp³-hybridized carbons (Fsp3) is 0.273. The van der Waals surface area contributed by atoms with Crippen molar-refractivity contribution in [3.05, 3.63) is 76.8 Å². The summed E-state index contributed by atoms with van der Waals surface area (Å²) in [6.45, 7) is 0.920. The molecule has 2 aromatic carbocycles. The van der Waals surface area contributed by atoms with Crippen LogP contribution in [0.15, 0.2) is 65.7 Å². The quantitative estimate of drug-likeness (QED) is 0.540. The van der Waals surface area contributed by atoms with Crippen LogP contribution in [0.2, 0.25) is 0 Å². The molecule has 1 aliphatic heterocycles. The van der Waals surface area contributed by atoms with Crippen LogP contribution in [0.3, 0.4) is 0 Å². The van der Waals surface area contributed by atoms with E-state index in [1.165, 1.54) is 41.2 Å². The Morgan fingerprint density at radius 3 is 2.61 bits per heavy atom. The summed E-state index contributed by atoms with van der Waals surface area (Å²) < 4.78 is 32.9. The minimum Gasteiger partial charge on any atom is -0.377 e. The molecule has 1 amide bonds. The van der Waals surface area contributed by atoms with Gasteiger partial charge in [-0.15, -0.1) is 11.3 Å². The summed E-state index contributed by atoms with van der Waals surface area (Å²) in [5.41, 5.74) is 1.53. The second-order valence-electron chi connectivity index (χ2n) is 7.26. The molecule has 162 valence electrons. The van der Waals surface area contributed by atoms with Crippen LogP contribution in [0, 0.1) is 0 Å². The van der Waals surface area contributed by atoms with Crippen molar-refractivity contribution in [2.24, 2.45) is 0 Å². The number of amides is 1. The summed E-state index contributed by atoms with van der Waals surface area (Å²) in [7, 11) is -3.65. The van der Waals surface area contributed by atoms with Gasteiger partial charge in [-0.25, -0.2) is 18.1 Å². The summed E-state index contributed by atoms with van der Waals surface area (Å²) in [6.07, 6.45) is 4.22. The van der Waals surface area contributed by atoms with Crippen LogP contribution < -0.4 is 10.0 Å². The summed E-state index contributed by atoms with van der Waals surface area (Å²) in [5.74, 6) is -0.336.